The van der Waals surface area contributed by atoms with Gasteiger partial charge in [-0.2, -0.15) is 0 Å². The van der Waals surface area contributed by atoms with E-state index in [2.05, 4.69) is 10.6 Å². The highest BCUT2D eigenvalue weighted by Gasteiger charge is 2.23. The highest BCUT2D eigenvalue weighted by atomic mass is 19.1. The molecule has 7 heteroatoms. The lowest BCUT2D eigenvalue weighted by atomic mass is 10.2. The maximum absolute atomic E-state index is 13.4. The number of para-hydroxylation sites is 1. The van der Waals surface area contributed by atoms with Gasteiger partial charge in [0, 0.05) is 24.4 Å². The van der Waals surface area contributed by atoms with Crippen LogP contribution in [0.15, 0.2) is 48.5 Å². The standard InChI is InChI=1S/C21H23FN2O4/c22-17-5-1-2-6-18(17)27-14-4-8-20(25)23-15-9-11-16(12-10-15)24-21(26)19-7-3-13-28-19/h1-2,5-6,9-12,19H,3-4,7-8,13-14H2,(H,23,25)(H,24,26). The van der Waals surface area contributed by atoms with E-state index in [4.69, 9.17) is 9.47 Å². The summed E-state index contributed by atoms with van der Waals surface area (Å²) in [6, 6.07) is 13.1. The van der Waals surface area contributed by atoms with Gasteiger partial charge >= 0.3 is 0 Å². The van der Waals surface area contributed by atoms with Crippen molar-refractivity contribution in [3.63, 3.8) is 0 Å². The fraction of sp³-hybridized carbons (Fsp3) is 0.333. The van der Waals surface area contributed by atoms with Gasteiger partial charge in [0.2, 0.25) is 5.91 Å². The molecule has 28 heavy (non-hydrogen) atoms. The number of hydrogen-bond donors (Lipinski definition) is 2. The number of amides is 2. The molecule has 1 fully saturated rings. The third-order valence-electron chi connectivity index (χ3n) is 4.30. The summed E-state index contributed by atoms with van der Waals surface area (Å²) >= 11 is 0. The van der Waals surface area contributed by atoms with Crippen molar-refractivity contribution in [1.82, 2.24) is 0 Å². The molecular formula is C21H23FN2O4. The molecule has 1 aliphatic heterocycles. The number of ether oxygens (including phenoxy) is 2. The normalized spacial score (nSPS) is 15.8. The molecule has 0 saturated carbocycles. The minimum atomic E-state index is -0.418. The van der Waals surface area contributed by atoms with Crippen molar-refractivity contribution in [1.29, 1.82) is 0 Å². The Balaban J connectivity index is 1.38. The number of nitrogens with one attached hydrogen (secondary N) is 2. The first-order chi connectivity index (χ1) is 13.6. The van der Waals surface area contributed by atoms with E-state index in [-0.39, 0.29) is 36.7 Å². The molecule has 3 rings (SSSR count). The van der Waals surface area contributed by atoms with E-state index in [0.29, 0.717) is 24.4 Å². The van der Waals surface area contributed by atoms with Crippen molar-refractivity contribution >= 4 is 23.2 Å². The molecule has 148 valence electrons. The SMILES string of the molecule is O=C(CCCOc1ccccc1F)Nc1ccc(NC(=O)C2CCCO2)cc1. The van der Waals surface area contributed by atoms with E-state index >= 15 is 0 Å². The molecule has 2 amide bonds. The van der Waals surface area contributed by atoms with Crippen LogP contribution in [0.2, 0.25) is 0 Å². The Morgan fingerprint density at radius 2 is 1.79 bits per heavy atom. The van der Waals surface area contributed by atoms with Crippen molar-refractivity contribution in [2.75, 3.05) is 23.8 Å². The number of anilines is 2. The fourth-order valence-corrected chi connectivity index (χ4v) is 2.84. The summed E-state index contributed by atoms with van der Waals surface area (Å²) in [5, 5.41) is 5.58. The van der Waals surface area contributed by atoms with Gasteiger partial charge in [-0.3, -0.25) is 9.59 Å². The number of benzene rings is 2. The van der Waals surface area contributed by atoms with E-state index < -0.39 is 5.82 Å². The van der Waals surface area contributed by atoms with Crippen LogP contribution in [-0.4, -0.2) is 31.1 Å². The van der Waals surface area contributed by atoms with Crippen LogP contribution in [-0.2, 0) is 14.3 Å². The van der Waals surface area contributed by atoms with Crippen molar-refractivity contribution in [2.45, 2.75) is 31.8 Å². The lowest BCUT2D eigenvalue weighted by Crippen LogP contribution is -2.26. The van der Waals surface area contributed by atoms with Gasteiger partial charge in [-0.25, -0.2) is 4.39 Å². The Kier molecular flexibility index (Phi) is 6.97. The van der Waals surface area contributed by atoms with Gasteiger partial charge in [0.25, 0.3) is 5.91 Å². The molecule has 0 aliphatic carbocycles. The molecule has 2 aromatic rings. The number of carbonyl (C=O) groups is 2. The molecule has 0 aromatic heterocycles. The van der Waals surface area contributed by atoms with E-state index in [0.717, 1.165) is 12.8 Å². The minimum absolute atomic E-state index is 0.149. The highest BCUT2D eigenvalue weighted by molar-refractivity contribution is 5.95. The minimum Gasteiger partial charge on any atom is -0.491 e. The van der Waals surface area contributed by atoms with Gasteiger partial charge in [-0.05, 0) is 55.7 Å². The van der Waals surface area contributed by atoms with Gasteiger partial charge in [-0.15, -0.1) is 0 Å². The second kappa shape index (κ2) is 9.85. The van der Waals surface area contributed by atoms with Crippen LogP contribution in [0.3, 0.4) is 0 Å². The van der Waals surface area contributed by atoms with Crippen LogP contribution < -0.4 is 15.4 Å². The summed E-state index contributed by atoms with van der Waals surface area (Å²) in [7, 11) is 0. The Morgan fingerprint density at radius 3 is 2.46 bits per heavy atom. The first-order valence-electron chi connectivity index (χ1n) is 9.31. The first-order valence-corrected chi connectivity index (χ1v) is 9.31. The zero-order valence-corrected chi connectivity index (χ0v) is 15.4. The van der Waals surface area contributed by atoms with E-state index in [9.17, 15) is 14.0 Å². The molecule has 2 aromatic carbocycles. The molecule has 1 unspecified atom stereocenters. The van der Waals surface area contributed by atoms with Crippen LogP contribution in [0.4, 0.5) is 15.8 Å². The summed E-state index contributed by atoms with van der Waals surface area (Å²) < 4.78 is 24.1. The molecule has 1 saturated heterocycles. The van der Waals surface area contributed by atoms with Gasteiger partial charge in [0.05, 0.1) is 6.61 Å². The summed E-state index contributed by atoms with van der Waals surface area (Å²) in [6.07, 6.45) is 1.97. The maximum Gasteiger partial charge on any atom is 0.253 e. The zero-order chi connectivity index (χ0) is 19.8. The molecular weight excluding hydrogens is 363 g/mol. The second-order valence-electron chi connectivity index (χ2n) is 6.50. The quantitative estimate of drug-likeness (QED) is 0.678. The molecule has 0 bridgehead atoms. The lowest BCUT2D eigenvalue weighted by Gasteiger charge is -2.11. The van der Waals surface area contributed by atoms with Crippen molar-refractivity contribution in [3.8, 4) is 5.75 Å². The predicted molar refractivity (Wildman–Crippen MR) is 104 cm³/mol. The van der Waals surface area contributed by atoms with Crippen LogP contribution >= 0.6 is 0 Å². The molecule has 1 atom stereocenters. The van der Waals surface area contributed by atoms with Gasteiger partial charge in [0.1, 0.15) is 6.10 Å². The third kappa shape index (κ3) is 5.79. The van der Waals surface area contributed by atoms with Crippen LogP contribution in [0, 0.1) is 5.82 Å². The highest BCUT2D eigenvalue weighted by Crippen LogP contribution is 2.18. The molecule has 1 heterocycles. The Morgan fingerprint density at radius 1 is 1.07 bits per heavy atom. The summed E-state index contributed by atoms with van der Waals surface area (Å²) in [5.41, 5.74) is 1.28. The molecule has 0 spiro atoms. The molecule has 0 radical (unpaired) electrons. The smallest absolute Gasteiger partial charge is 0.253 e. The van der Waals surface area contributed by atoms with Crippen molar-refractivity contribution in [3.05, 3.63) is 54.3 Å². The van der Waals surface area contributed by atoms with Crippen LogP contribution in [0.5, 0.6) is 5.75 Å². The maximum atomic E-state index is 13.4. The predicted octanol–water partition coefficient (Wildman–Crippen LogP) is 3.74. The summed E-state index contributed by atoms with van der Waals surface area (Å²) in [6.45, 7) is 0.872. The van der Waals surface area contributed by atoms with Crippen molar-refractivity contribution in [2.24, 2.45) is 0 Å². The van der Waals surface area contributed by atoms with Crippen molar-refractivity contribution < 1.29 is 23.5 Å². The second-order valence-corrected chi connectivity index (χ2v) is 6.50. The number of rotatable bonds is 8. The van der Waals surface area contributed by atoms with Gasteiger partial charge < -0.3 is 20.1 Å². The number of hydrogen-bond acceptors (Lipinski definition) is 4. The summed E-state index contributed by atoms with van der Waals surface area (Å²) in [5.74, 6) is -0.542. The largest absolute Gasteiger partial charge is 0.491 e. The van der Waals surface area contributed by atoms with E-state index in [1.54, 1.807) is 42.5 Å². The third-order valence-corrected chi connectivity index (χ3v) is 4.30. The van der Waals surface area contributed by atoms with E-state index in [1.807, 2.05) is 0 Å². The fourth-order valence-electron chi connectivity index (χ4n) is 2.84. The monoisotopic (exact) mass is 386 g/mol. The average molecular weight is 386 g/mol. The van der Waals surface area contributed by atoms with Crippen LogP contribution in [0.1, 0.15) is 25.7 Å². The van der Waals surface area contributed by atoms with Gasteiger partial charge in [-0.1, -0.05) is 12.1 Å². The molecule has 6 nitrogen and oxygen atoms in total. The molecule has 2 N–H and O–H groups in total. The topological polar surface area (TPSA) is 76.7 Å². The lowest BCUT2D eigenvalue weighted by molar-refractivity contribution is -0.124. The Bertz CT molecular complexity index is 804. The number of carbonyl (C=O) groups excluding carboxylic acids is 2. The summed E-state index contributed by atoms with van der Waals surface area (Å²) in [4.78, 5) is 24.0. The first kappa shape index (κ1) is 19.8. The number of halogens is 1. The van der Waals surface area contributed by atoms with Gasteiger partial charge in [0.15, 0.2) is 11.6 Å². The van der Waals surface area contributed by atoms with E-state index in [1.165, 1.54) is 6.07 Å². The Hall–Kier alpha value is -2.93. The molecule has 1 aliphatic rings. The average Bonchev–Trinajstić information content (AvgIpc) is 3.23. The Labute approximate surface area is 163 Å². The zero-order valence-electron chi connectivity index (χ0n) is 15.4. The van der Waals surface area contributed by atoms with Crippen LogP contribution in [0.25, 0.3) is 0 Å².